The van der Waals surface area contributed by atoms with Crippen LogP contribution in [0.2, 0.25) is 0 Å². The van der Waals surface area contributed by atoms with Crippen molar-refractivity contribution in [3.63, 3.8) is 0 Å². The van der Waals surface area contributed by atoms with Crippen molar-refractivity contribution in [1.82, 2.24) is 0 Å². The zero-order valence-electron chi connectivity index (χ0n) is 18.1. The molecule has 0 aromatic rings. The van der Waals surface area contributed by atoms with Crippen LogP contribution in [0.1, 0.15) is 52.9 Å². The first kappa shape index (κ1) is 20.3. The highest BCUT2D eigenvalue weighted by atomic mass is 16.7. The van der Waals surface area contributed by atoms with Gasteiger partial charge in [-0.05, 0) is 19.8 Å². The van der Waals surface area contributed by atoms with E-state index in [1.807, 2.05) is 13.8 Å². The van der Waals surface area contributed by atoms with Gasteiger partial charge in [0.25, 0.3) is 0 Å². The largest absolute Gasteiger partial charge is 0.632 e. The van der Waals surface area contributed by atoms with Crippen LogP contribution in [0.5, 0.6) is 0 Å². The van der Waals surface area contributed by atoms with E-state index in [0.717, 1.165) is 6.42 Å². The number of carbonyl (C=O) groups is 1. The first-order valence-electron chi connectivity index (χ1n) is 11.1. The summed E-state index contributed by atoms with van der Waals surface area (Å²) in [7, 11) is 1.50. The van der Waals surface area contributed by atoms with E-state index in [1.54, 1.807) is 6.92 Å². The van der Waals surface area contributed by atoms with Crippen LogP contribution in [0.3, 0.4) is 0 Å². The summed E-state index contributed by atoms with van der Waals surface area (Å²) in [5.74, 6) is -0.416. The predicted octanol–water partition coefficient (Wildman–Crippen LogP) is 2.46. The first-order chi connectivity index (χ1) is 14.3. The number of esters is 1. The molecular weight excluding hydrogens is 390 g/mol. The third kappa shape index (κ3) is 2.45. The van der Waals surface area contributed by atoms with Crippen molar-refractivity contribution in [3.05, 3.63) is 28.1 Å². The quantitative estimate of drug-likeness (QED) is 0.425. The molecule has 8 heteroatoms. The number of hydroxylamine groups is 3. The van der Waals surface area contributed by atoms with E-state index in [9.17, 15) is 15.1 Å². The van der Waals surface area contributed by atoms with Crippen LogP contribution in [0.25, 0.3) is 0 Å². The molecule has 0 radical (unpaired) electrons. The molecule has 30 heavy (non-hydrogen) atoms. The minimum atomic E-state index is -0.880. The molecule has 5 heterocycles. The average molecular weight is 421 g/mol. The lowest BCUT2D eigenvalue weighted by molar-refractivity contribution is -0.942. The lowest BCUT2D eigenvalue weighted by Gasteiger charge is -2.58. The van der Waals surface area contributed by atoms with Gasteiger partial charge in [-0.1, -0.05) is 13.8 Å². The van der Waals surface area contributed by atoms with E-state index in [0.29, 0.717) is 55.1 Å². The van der Waals surface area contributed by atoms with Crippen LogP contribution in [-0.4, -0.2) is 59.5 Å². The molecule has 5 aliphatic rings. The number of nitrogens with zero attached hydrogens (tertiary/aromatic N) is 1. The van der Waals surface area contributed by atoms with E-state index >= 15 is 0 Å². The van der Waals surface area contributed by atoms with E-state index in [-0.39, 0.29) is 30.0 Å². The number of aliphatic hydroxyl groups is 1. The van der Waals surface area contributed by atoms with Crippen LogP contribution in [0, 0.1) is 17.0 Å². The van der Waals surface area contributed by atoms with Gasteiger partial charge in [-0.15, -0.1) is 0 Å². The Bertz CT molecular complexity index is 837. The summed E-state index contributed by atoms with van der Waals surface area (Å²) in [5, 5.41) is 25.0. The minimum Gasteiger partial charge on any atom is -0.632 e. The Labute approximate surface area is 176 Å². The van der Waals surface area contributed by atoms with E-state index < -0.39 is 22.5 Å². The molecule has 2 bridgehead atoms. The summed E-state index contributed by atoms with van der Waals surface area (Å²) in [6.07, 6.45) is 2.48. The Morgan fingerprint density at radius 2 is 2.17 bits per heavy atom. The Hall–Kier alpha value is -1.61. The predicted molar refractivity (Wildman–Crippen MR) is 105 cm³/mol. The molecule has 5 aliphatic heterocycles. The second-order valence-corrected chi connectivity index (χ2v) is 9.42. The van der Waals surface area contributed by atoms with E-state index in [1.165, 1.54) is 7.11 Å². The second-order valence-electron chi connectivity index (χ2n) is 9.42. The van der Waals surface area contributed by atoms with Crippen LogP contribution in [0.15, 0.2) is 22.9 Å². The van der Waals surface area contributed by atoms with Gasteiger partial charge in [0, 0.05) is 25.2 Å². The molecule has 0 aromatic heterocycles. The van der Waals surface area contributed by atoms with Crippen LogP contribution in [0.4, 0.5) is 0 Å². The number of allylic oxidation sites excluding steroid dienone is 1. The number of piperidine rings is 1. The number of quaternary nitrogens is 1. The van der Waals surface area contributed by atoms with E-state index in [4.69, 9.17) is 18.9 Å². The molecule has 1 unspecified atom stereocenters. The molecule has 8 atom stereocenters. The highest BCUT2D eigenvalue weighted by molar-refractivity contribution is 5.93. The van der Waals surface area contributed by atoms with Crippen molar-refractivity contribution in [1.29, 1.82) is 0 Å². The van der Waals surface area contributed by atoms with Gasteiger partial charge in [0.2, 0.25) is 11.5 Å². The second kappa shape index (κ2) is 6.69. The molecule has 5 rings (SSSR count). The van der Waals surface area contributed by atoms with Crippen LogP contribution in [-0.2, 0) is 23.7 Å². The van der Waals surface area contributed by atoms with Gasteiger partial charge in [0.05, 0.1) is 25.1 Å². The Morgan fingerprint density at radius 1 is 1.40 bits per heavy atom. The summed E-state index contributed by atoms with van der Waals surface area (Å²) in [4.78, 5) is 12.1. The number of methoxy groups -OCH3 is 1. The van der Waals surface area contributed by atoms with Gasteiger partial charge in [-0.25, -0.2) is 4.79 Å². The Kier molecular flexibility index (Phi) is 4.53. The fourth-order valence-corrected chi connectivity index (χ4v) is 6.72. The number of carbonyl (C=O) groups excluding carboxylic acids is 1. The van der Waals surface area contributed by atoms with Gasteiger partial charge >= 0.3 is 5.97 Å². The van der Waals surface area contributed by atoms with Crippen molar-refractivity contribution in [2.75, 3.05) is 13.7 Å². The van der Waals surface area contributed by atoms with Crippen molar-refractivity contribution < 1.29 is 33.5 Å². The van der Waals surface area contributed by atoms with Crippen LogP contribution < -0.4 is 0 Å². The third-order valence-corrected chi connectivity index (χ3v) is 8.03. The molecule has 1 N–H and O–H groups in total. The molecule has 0 aromatic carbocycles. The molecule has 0 aliphatic carbocycles. The van der Waals surface area contributed by atoms with Crippen molar-refractivity contribution >= 4 is 5.97 Å². The summed E-state index contributed by atoms with van der Waals surface area (Å²) in [6.45, 7) is 6.09. The number of hydrogen-bond acceptors (Lipinski definition) is 7. The standard InChI is InChI=1S/C22H31NO7/c1-5-14(24)13-7-8-15-17-16-11(2)19(20-18(27-4)12(3)21(25)28-20)30-22(16,29-15)9-6-10-23(13,17)26/h11,13-17,24H,5-10H2,1-4H3/b20-19-/t11-,13+,14+,15-,16+,17-,22+,23?/m0/s1. The first-order valence-corrected chi connectivity index (χ1v) is 11.1. The number of aliphatic hydroxyl groups excluding tert-OH is 1. The molecule has 166 valence electrons. The summed E-state index contributed by atoms with van der Waals surface area (Å²) < 4.78 is 23.5. The van der Waals surface area contributed by atoms with E-state index in [2.05, 4.69) is 0 Å². The highest BCUT2D eigenvalue weighted by Gasteiger charge is 2.72. The molecule has 0 amide bonds. The smallest absolute Gasteiger partial charge is 0.343 e. The molecule has 8 nitrogen and oxygen atoms in total. The Balaban J connectivity index is 1.59. The zero-order chi connectivity index (χ0) is 21.4. The maximum absolute atomic E-state index is 14.3. The molecule has 0 saturated carbocycles. The zero-order valence-corrected chi connectivity index (χ0v) is 18.1. The SMILES string of the molecule is CC[C@@H](O)[C@H]1CC[C@@H]2O[C@@]34CCC[N+]1([O-])[C@@H]2[C@H]3[C@H](C)/C(=C1/OC(=O)C(C)=C1OC)O4. The minimum absolute atomic E-state index is 0.158. The van der Waals surface area contributed by atoms with Crippen molar-refractivity contribution in [2.24, 2.45) is 11.8 Å². The molecule has 4 saturated heterocycles. The highest BCUT2D eigenvalue weighted by Crippen LogP contribution is 2.61. The maximum atomic E-state index is 14.3. The monoisotopic (exact) mass is 421 g/mol. The van der Waals surface area contributed by atoms with Crippen molar-refractivity contribution in [2.45, 2.75) is 83.0 Å². The van der Waals surface area contributed by atoms with Gasteiger partial charge in [0.15, 0.2) is 5.76 Å². The van der Waals surface area contributed by atoms with Gasteiger partial charge in [-0.3, -0.25) is 0 Å². The normalized spacial score (nSPS) is 48.2. The number of cyclic esters (lactones) is 1. The molecule has 4 fully saturated rings. The topological polar surface area (TPSA) is 97.3 Å². The summed E-state index contributed by atoms with van der Waals surface area (Å²) in [6, 6.07) is -0.632. The summed E-state index contributed by atoms with van der Waals surface area (Å²) >= 11 is 0. The number of ether oxygens (including phenoxy) is 4. The Morgan fingerprint density at radius 3 is 2.87 bits per heavy atom. The number of hydrogen-bond donors (Lipinski definition) is 1. The fourth-order valence-electron chi connectivity index (χ4n) is 6.72. The van der Waals surface area contributed by atoms with Gasteiger partial charge < -0.3 is 33.9 Å². The fraction of sp³-hybridized carbons (Fsp3) is 0.773. The van der Waals surface area contributed by atoms with Gasteiger partial charge in [0.1, 0.15) is 30.1 Å². The summed E-state index contributed by atoms with van der Waals surface area (Å²) in [5.41, 5.74) is 0.408. The average Bonchev–Trinajstić information content (AvgIpc) is 3.25. The lowest BCUT2D eigenvalue weighted by atomic mass is 9.77. The lowest BCUT2D eigenvalue weighted by Crippen LogP contribution is -2.68. The molecular formula is C22H31NO7. The number of rotatable bonds is 3. The van der Waals surface area contributed by atoms with Gasteiger partial charge in [-0.2, -0.15) is 0 Å². The van der Waals surface area contributed by atoms with Crippen LogP contribution >= 0.6 is 0 Å². The van der Waals surface area contributed by atoms with Crippen molar-refractivity contribution in [3.8, 4) is 0 Å². The maximum Gasteiger partial charge on any atom is 0.343 e. The third-order valence-electron chi connectivity index (χ3n) is 8.03. The molecule has 0 spiro atoms.